The summed E-state index contributed by atoms with van der Waals surface area (Å²) in [4.78, 5) is 24.3. The van der Waals surface area contributed by atoms with Crippen LogP contribution in [0.5, 0.6) is 5.75 Å². The Hall–Kier alpha value is -2.53. The molecule has 0 unspecified atom stereocenters. The second-order valence-corrected chi connectivity index (χ2v) is 5.66. The third-order valence-electron chi connectivity index (χ3n) is 3.44. The summed E-state index contributed by atoms with van der Waals surface area (Å²) in [6.45, 7) is 3.36. The molecule has 2 rings (SSSR count). The molecule has 0 bridgehead atoms. The van der Waals surface area contributed by atoms with E-state index in [-0.39, 0.29) is 0 Å². The molecule has 0 heterocycles. The molecule has 0 aliphatic rings. The van der Waals surface area contributed by atoms with E-state index in [1.165, 1.54) is 14.0 Å². The molecule has 126 valence electrons. The monoisotopic (exact) mass is 347 g/mol. The third kappa shape index (κ3) is 4.49. The van der Waals surface area contributed by atoms with Crippen LogP contribution in [-0.2, 0) is 9.53 Å². The number of halogens is 1. The number of carbonyl (C=O) groups excluding carboxylic acids is 2. The molecule has 0 saturated heterocycles. The van der Waals surface area contributed by atoms with Gasteiger partial charge in [0.1, 0.15) is 5.75 Å². The van der Waals surface area contributed by atoms with Crippen molar-refractivity contribution in [2.75, 3.05) is 12.4 Å². The fraction of sp³-hybridized carbons (Fsp3) is 0.222. The van der Waals surface area contributed by atoms with E-state index in [2.05, 4.69) is 5.32 Å². The highest BCUT2D eigenvalue weighted by Gasteiger charge is 2.19. The van der Waals surface area contributed by atoms with E-state index in [0.29, 0.717) is 22.0 Å². The largest absolute Gasteiger partial charge is 0.497 e. The fourth-order valence-electron chi connectivity index (χ4n) is 1.97. The molecule has 2 aromatic rings. The maximum Gasteiger partial charge on any atom is 0.338 e. The number of ether oxygens (including phenoxy) is 2. The topological polar surface area (TPSA) is 64.6 Å². The highest BCUT2D eigenvalue weighted by atomic mass is 35.5. The van der Waals surface area contributed by atoms with Crippen molar-refractivity contribution in [1.82, 2.24) is 0 Å². The van der Waals surface area contributed by atoms with Crippen molar-refractivity contribution in [2.24, 2.45) is 0 Å². The highest BCUT2D eigenvalue weighted by Crippen LogP contribution is 2.20. The lowest BCUT2D eigenvalue weighted by molar-refractivity contribution is -0.123. The van der Waals surface area contributed by atoms with Gasteiger partial charge in [0.15, 0.2) is 6.10 Å². The first-order valence-corrected chi connectivity index (χ1v) is 7.70. The van der Waals surface area contributed by atoms with Gasteiger partial charge in [-0.05, 0) is 55.8 Å². The first-order chi connectivity index (χ1) is 11.4. The minimum Gasteiger partial charge on any atom is -0.497 e. The lowest BCUT2D eigenvalue weighted by Crippen LogP contribution is -2.30. The zero-order valence-corrected chi connectivity index (χ0v) is 14.4. The molecule has 0 radical (unpaired) electrons. The van der Waals surface area contributed by atoms with Gasteiger partial charge in [-0.3, -0.25) is 4.79 Å². The molecular formula is C18H18ClNO4. The summed E-state index contributed by atoms with van der Waals surface area (Å²) in [6.07, 6.45) is -0.946. The lowest BCUT2D eigenvalue weighted by atomic mass is 10.2. The molecule has 24 heavy (non-hydrogen) atoms. The summed E-state index contributed by atoms with van der Waals surface area (Å²) in [5.41, 5.74) is 1.79. The molecule has 1 amide bonds. The summed E-state index contributed by atoms with van der Waals surface area (Å²) in [6, 6.07) is 11.6. The van der Waals surface area contributed by atoms with Crippen molar-refractivity contribution < 1.29 is 19.1 Å². The summed E-state index contributed by atoms with van der Waals surface area (Å²) in [5.74, 6) is -0.376. The molecule has 0 aliphatic carbocycles. The number of anilines is 1. The van der Waals surface area contributed by atoms with Crippen LogP contribution in [0, 0.1) is 6.92 Å². The first kappa shape index (κ1) is 17.8. The molecule has 0 aliphatic heterocycles. The molecule has 5 nitrogen and oxygen atoms in total. The van der Waals surface area contributed by atoms with Crippen molar-refractivity contribution in [3.05, 3.63) is 58.6 Å². The molecule has 0 aromatic heterocycles. The van der Waals surface area contributed by atoms with E-state index in [1.807, 2.05) is 6.92 Å². The Balaban J connectivity index is 1.99. The molecule has 6 heteroatoms. The third-order valence-corrected chi connectivity index (χ3v) is 3.67. The summed E-state index contributed by atoms with van der Waals surface area (Å²) >= 11 is 5.92. The van der Waals surface area contributed by atoms with Crippen LogP contribution in [-0.4, -0.2) is 25.1 Å². The predicted octanol–water partition coefficient (Wildman–Crippen LogP) is 3.84. The van der Waals surface area contributed by atoms with Gasteiger partial charge in [0.05, 0.1) is 12.7 Å². The van der Waals surface area contributed by atoms with E-state index in [1.54, 1.807) is 42.5 Å². The van der Waals surface area contributed by atoms with Crippen LogP contribution in [0.1, 0.15) is 22.8 Å². The number of aryl methyl sites for hydroxylation is 1. The minimum absolute atomic E-state index is 0.342. The Morgan fingerprint density at radius 3 is 2.42 bits per heavy atom. The van der Waals surface area contributed by atoms with Crippen LogP contribution in [0.3, 0.4) is 0 Å². The lowest BCUT2D eigenvalue weighted by Gasteiger charge is -2.15. The quantitative estimate of drug-likeness (QED) is 0.834. The number of esters is 1. The summed E-state index contributed by atoms with van der Waals surface area (Å²) in [7, 11) is 1.54. The molecule has 1 atom stereocenters. The standard InChI is InChI=1S/C18H18ClNO4/c1-11-4-7-14(19)10-16(11)20-17(21)12(2)24-18(22)13-5-8-15(23-3)9-6-13/h4-10,12H,1-3H3,(H,20,21)/t12-/m1/s1. The number of benzene rings is 2. The van der Waals surface area contributed by atoms with Crippen molar-refractivity contribution in [3.8, 4) is 5.75 Å². The number of hydrogen-bond donors (Lipinski definition) is 1. The average Bonchev–Trinajstić information content (AvgIpc) is 2.58. The molecule has 1 N–H and O–H groups in total. The van der Waals surface area contributed by atoms with Gasteiger partial charge in [0.2, 0.25) is 0 Å². The van der Waals surface area contributed by atoms with Gasteiger partial charge in [-0.25, -0.2) is 4.79 Å². The minimum atomic E-state index is -0.946. The van der Waals surface area contributed by atoms with Crippen LogP contribution < -0.4 is 10.1 Å². The SMILES string of the molecule is COc1ccc(C(=O)O[C@H](C)C(=O)Nc2cc(Cl)ccc2C)cc1. The second-order valence-electron chi connectivity index (χ2n) is 5.22. The van der Waals surface area contributed by atoms with Gasteiger partial charge >= 0.3 is 5.97 Å². The Labute approximate surface area is 145 Å². The number of amides is 1. The van der Waals surface area contributed by atoms with Crippen LogP contribution in [0.25, 0.3) is 0 Å². The van der Waals surface area contributed by atoms with Crippen LogP contribution in [0.15, 0.2) is 42.5 Å². The van der Waals surface area contributed by atoms with Crippen LogP contribution >= 0.6 is 11.6 Å². The van der Waals surface area contributed by atoms with Gasteiger partial charge in [-0.2, -0.15) is 0 Å². The van der Waals surface area contributed by atoms with Crippen molar-refractivity contribution >= 4 is 29.2 Å². The first-order valence-electron chi connectivity index (χ1n) is 7.32. The molecule has 0 saturated carbocycles. The zero-order chi connectivity index (χ0) is 17.7. The Bertz CT molecular complexity index is 743. The van der Waals surface area contributed by atoms with Gasteiger partial charge in [-0.15, -0.1) is 0 Å². The fourth-order valence-corrected chi connectivity index (χ4v) is 2.14. The van der Waals surface area contributed by atoms with E-state index in [9.17, 15) is 9.59 Å². The number of rotatable bonds is 5. The average molecular weight is 348 g/mol. The van der Waals surface area contributed by atoms with E-state index in [4.69, 9.17) is 21.1 Å². The van der Waals surface area contributed by atoms with Gasteiger partial charge in [0, 0.05) is 10.7 Å². The van der Waals surface area contributed by atoms with Gasteiger partial charge in [-0.1, -0.05) is 17.7 Å². The number of carbonyl (C=O) groups is 2. The van der Waals surface area contributed by atoms with Gasteiger partial charge in [0.25, 0.3) is 5.91 Å². The number of methoxy groups -OCH3 is 1. The van der Waals surface area contributed by atoms with Gasteiger partial charge < -0.3 is 14.8 Å². The van der Waals surface area contributed by atoms with Crippen molar-refractivity contribution in [2.45, 2.75) is 20.0 Å². The van der Waals surface area contributed by atoms with E-state index >= 15 is 0 Å². The van der Waals surface area contributed by atoms with Crippen molar-refractivity contribution in [3.63, 3.8) is 0 Å². The van der Waals surface area contributed by atoms with E-state index in [0.717, 1.165) is 5.56 Å². The molecule has 2 aromatic carbocycles. The van der Waals surface area contributed by atoms with Crippen LogP contribution in [0.2, 0.25) is 5.02 Å². The van der Waals surface area contributed by atoms with Crippen molar-refractivity contribution in [1.29, 1.82) is 0 Å². The van der Waals surface area contributed by atoms with Crippen LogP contribution in [0.4, 0.5) is 5.69 Å². The molecular weight excluding hydrogens is 330 g/mol. The second kappa shape index (κ2) is 7.84. The molecule has 0 spiro atoms. The predicted molar refractivity (Wildman–Crippen MR) is 92.7 cm³/mol. The number of hydrogen-bond acceptors (Lipinski definition) is 4. The highest BCUT2D eigenvalue weighted by molar-refractivity contribution is 6.31. The maximum atomic E-state index is 12.2. The Morgan fingerprint density at radius 2 is 1.79 bits per heavy atom. The molecule has 0 fully saturated rings. The summed E-state index contributed by atoms with van der Waals surface area (Å²) < 4.78 is 10.2. The zero-order valence-electron chi connectivity index (χ0n) is 13.6. The normalized spacial score (nSPS) is 11.5. The number of nitrogens with one attached hydrogen (secondary N) is 1. The van der Waals surface area contributed by atoms with E-state index < -0.39 is 18.0 Å². The smallest absolute Gasteiger partial charge is 0.338 e. The summed E-state index contributed by atoms with van der Waals surface area (Å²) in [5, 5.41) is 3.22. The Morgan fingerprint density at radius 1 is 1.12 bits per heavy atom. The maximum absolute atomic E-state index is 12.2. The Kier molecular flexibility index (Phi) is 5.82.